The number of anilines is 1. The zero-order valence-electron chi connectivity index (χ0n) is 11.9. The smallest absolute Gasteiger partial charge is 0.233 e. The fourth-order valence-corrected chi connectivity index (χ4v) is 3.10. The highest BCUT2D eigenvalue weighted by Gasteiger charge is 2.12. The summed E-state index contributed by atoms with van der Waals surface area (Å²) < 4.78 is 1.96. The van der Waals surface area contributed by atoms with Gasteiger partial charge in [0.15, 0.2) is 0 Å². The average Bonchev–Trinajstić information content (AvgIpc) is 2.96. The van der Waals surface area contributed by atoms with Gasteiger partial charge in [0.05, 0.1) is 12.2 Å². The van der Waals surface area contributed by atoms with Gasteiger partial charge in [-0.05, 0) is 48.9 Å². The summed E-state index contributed by atoms with van der Waals surface area (Å²) in [5.74, 6) is 0.754. The molecule has 1 aliphatic rings. The zero-order valence-corrected chi connectivity index (χ0v) is 11.9. The highest BCUT2D eigenvalue weighted by molar-refractivity contribution is 5.55. The number of aryl methyl sites for hydroxylation is 1. The van der Waals surface area contributed by atoms with E-state index in [0.717, 1.165) is 18.0 Å². The van der Waals surface area contributed by atoms with Gasteiger partial charge in [-0.15, -0.1) is 0 Å². The predicted octanol–water partition coefficient (Wildman–Crippen LogP) is 3.22. The maximum absolute atomic E-state index is 4.53. The number of hydrogen-bond donors (Lipinski definition) is 1. The second-order valence-electron chi connectivity index (χ2n) is 5.56. The summed E-state index contributed by atoms with van der Waals surface area (Å²) in [6, 6.07) is 8.50. The topological polar surface area (TPSA) is 42.2 Å². The van der Waals surface area contributed by atoms with E-state index >= 15 is 0 Å². The average molecular weight is 278 g/mol. The fraction of sp³-hybridized carbons (Fsp3) is 0.294. The third-order valence-electron chi connectivity index (χ3n) is 4.14. The summed E-state index contributed by atoms with van der Waals surface area (Å²) in [5, 5.41) is 3.55. The van der Waals surface area contributed by atoms with Crippen LogP contribution in [-0.2, 0) is 19.4 Å². The minimum absolute atomic E-state index is 0.736. The molecule has 0 saturated heterocycles. The van der Waals surface area contributed by atoms with E-state index in [9.17, 15) is 0 Å². The van der Waals surface area contributed by atoms with Crippen molar-refractivity contribution in [1.82, 2.24) is 14.4 Å². The third kappa shape index (κ3) is 2.37. The number of nitrogens with one attached hydrogen (secondary N) is 1. The van der Waals surface area contributed by atoms with Gasteiger partial charge in [0.1, 0.15) is 0 Å². The van der Waals surface area contributed by atoms with Gasteiger partial charge < -0.3 is 5.32 Å². The first-order valence-electron chi connectivity index (χ1n) is 7.53. The van der Waals surface area contributed by atoms with Crippen LogP contribution in [0.4, 0.5) is 5.69 Å². The Morgan fingerprint density at radius 1 is 1.14 bits per heavy atom. The van der Waals surface area contributed by atoms with Crippen LogP contribution in [0.1, 0.15) is 29.7 Å². The minimum Gasteiger partial charge on any atom is -0.379 e. The second-order valence-corrected chi connectivity index (χ2v) is 5.56. The van der Waals surface area contributed by atoms with E-state index in [4.69, 9.17) is 0 Å². The maximum Gasteiger partial charge on any atom is 0.233 e. The monoisotopic (exact) mass is 278 g/mol. The molecule has 0 radical (unpaired) electrons. The summed E-state index contributed by atoms with van der Waals surface area (Å²) >= 11 is 0. The van der Waals surface area contributed by atoms with Gasteiger partial charge in [-0.25, -0.2) is 9.97 Å². The lowest BCUT2D eigenvalue weighted by molar-refractivity contribution is 0.686. The van der Waals surface area contributed by atoms with Gasteiger partial charge in [-0.2, -0.15) is 0 Å². The van der Waals surface area contributed by atoms with Gasteiger partial charge in [0, 0.05) is 24.3 Å². The summed E-state index contributed by atoms with van der Waals surface area (Å²) in [7, 11) is 0. The third-order valence-corrected chi connectivity index (χ3v) is 4.14. The van der Waals surface area contributed by atoms with Crippen molar-refractivity contribution in [2.75, 3.05) is 5.32 Å². The largest absolute Gasteiger partial charge is 0.379 e. The van der Waals surface area contributed by atoms with Crippen molar-refractivity contribution < 1.29 is 0 Å². The Morgan fingerprint density at radius 3 is 3.05 bits per heavy atom. The lowest BCUT2D eigenvalue weighted by Gasteiger charge is -2.19. The SMILES string of the molecule is c1cc2c(c(NCc3cn4cccnc4n3)c1)CCCC2. The number of rotatable bonds is 3. The van der Waals surface area contributed by atoms with Gasteiger partial charge >= 0.3 is 0 Å². The lowest BCUT2D eigenvalue weighted by Crippen LogP contribution is -2.08. The Kier molecular flexibility index (Phi) is 3.07. The molecule has 1 aromatic carbocycles. The molecule has 0 bridgehead atoms. The summed E-state index contributed by atoms with van der Waals surface area (Å²) in [4.78, 5) is 8.78. The van der Waals surface area contributed by atoms with Crippen molar-refractivity contribution in [2.24, 2.45) is 0 Å². The number of nitrogens with zero attached hydrogens (tertiary/aromatic N) is 3. The predicted molar refractivity (Wildman–Crippen MR) is 83.4 cm³/mol. The standard InChI is InChI=1S/C17H18N4/c1-2-7-15-13(5-1)6-3-8-16(15)19-11-14-12-21-10-4-9-18-17(21)20-14/h3-4,6,8-10,12,19H,1-2,5,7,11H2. The van der Waals surface area contributed by atoms with Crippen LogP contribution in [0.2, 0.25) is 0 Å². The number of hydrogen-bond acceptors (Lipinski definition) is 3. The molecule has 0 amide bonds. The second kappa shape index (κ2) is 5.20. The Bertz CT molecular complexity index is 742. The summed E-state index contributed by atoms with van der Waals surface area (Å²) in [5.41, 5.74) is 5.27. The van der Waals surface area contributed by atoms with Crippen molar-refractivity contribution in [3.63, 3.8) is 0 Å². The zero-order chi connectivity index (χ0) is 14.1. The normalized spacial score (nSPS) is 14.1. The maximum atomic E-state index is 4.53. The van der Waals surface area contributed by atoms with Crippen LogP contribution in [0, 0.1) is 0 Å². The minimum atomic E-state index is 0.736. The molecule has 1 N–H and O–H groups in total. The molecule has 0 atom stereocenters. The molecule has 0 spiro atoms. The van der Waals surface area contributed by atoms with Crippen molar-refractivity contribution in [3.8, 4) is 0 Å². The Labute approximate surface area is 123 Å². The molecule has 3 aromatic rings. The highest BCUT2D eigenvalue weighted by Crippen LogP contribution is 2.28. The van der Waals surface area contributed by atoms with Crippen LogP contribution in [0.25, 0.3) is 5.78 Å². The van der Waals surface area contributed by atoms with E-state index in [-0.39, 0.29) is 0 Å². The van der Waals surface area contributed by atoms with E-state index in [1.54, 1.807) is 6.20 Å². The Balaban J connectivity index is 1.56. The molecule has 0 saturated carbocycles. The summed E-state index contributed by atoms with van der Waals surface area (Å²) in [6.07, 6.45) is 10.8. The van der Waals surface area contributed by atoms with Crippen LogP contribution < -0.4 is 5.32 Å². The molecule has 106 valence electrons. The van der Waals surface area contributed by atoms with Gasteiger partial charge in [0.25, 0.3) is 0 Å². The molecule has 4 heteroatoms. The Hall–Kier alpha value is -2.36. The molecule has 2 heterocycles. The van der Waals surface area contributed by atoms with Crippen LogP contribution >= 0.6 is 0 Å². The number of imidazole rings is 1. The lowest BCUT2D eigenvalue weighted by atomic mass is 9.90. The molecule has 4 rings (SSSR count). The van der Waals surface area contributed by atoms with Crippen molar-refractivity contribution in [3.05, 3.63) is 59.7 Å². The molecule has 0 fully saturated rings. The first-order valence-corrected chi connectivity index (χ1v) is 7.53. The molecular formula is C17H18N4. The summed E-state index contributed by atoms with van der Waals surface area (Å²) in [6.45, 7) is 0.736. The van der Waals surface area contributed by atoms with Gasteiger partial charge in [0.2, 0.25) is 5.78 Å². The van der Waals surface area contributed by atoms with E-state index in [0.29, 0.717) is 0 Å². The number of aromatic nitrogens is 3. The molecule has 0 aliphatic heterocycles. The quantitative estimate of drug-likeness (QED) is 0.800. The first-order chi connectivity index (χ1) is 10.4. The van der Waals surface area contributed by atoms with Crippen molar-refractivity contribution in [1.29, 1.82) is 0 Å². The fourth-order valence-electron chi connectivity index (χ4n) is 3.10. The van der Waals surface area contributed by atoms with E-state index in [1.807, 2.05) is 22.9 Å². The van der Waals surface area contributed by atoms with E-state index in [1.165, 1.54) is 42.5 Å². The molecule has 1 aliphatic carbocycles. The van der Waals surface area contributed by atoms with Crippen LogP contribution in [-0.4, -0.2) is 14.4 Å². The van der Waals surface area contributed by atoms with Crippen molar-refractivity contribution >= 4 is 11.5 Å². The highest BCUT2D eigenvalue weighted by atomic mass is 15.1. The van der Waals surface area contributed by atoms with Crippen LogP contribution in [0.5, 0.6) is 0 Å². The van der Waals surface area contributed by atoms with Crippen molar-refractivity contribution in [2.45, 2.75) is 32.2 Å². The Morgan fingerprint density at radius 2 is 2.10 bits per heavy atom. The number of benzene rings is 1. The van der Waals surface area contributed by atoms with Gasteiger partial charge in [-0.3, -0.25) is 4.40 Å². The van der Waals surface area contributed by atoms with E-state index < -0.39 is 0 Å². The van der Waals surface area contributed by atoms with Crippen LogP contribution in [0.15, 0.2) is 42.9 Å². The molecule has 21 heavy (non-hydrogen) atoms. The molecule has 2 aromatic heterocycles. The van der Waals surface area contributed by atoms with Gasteiger partial charge in [-0.1, -0.05) is 12.1 Å². The number of fused-ring (bicyclic) bond motifs is 2. The van der Waals surface area contributed by atoms with Crippen LogP contribution in [0.3, 0.4) is 0 Å². The first kappa shape index (κ1) is 12.4. The molecule has 4 nitrogen and oxygen atoms in total. The van der Waals surface area contributed by atoms with E-state index in [2.05, 4.69) is 33.5 Å². The molecule has 0 unspecified atom stereocenters. The molecular weight excluding hydrogens is 260 g/mol.